The first-order valence-corrected chi connectivity index (χ1v) is 19.3. The highest BCUT2D eigenvalue weighted by atomic mass is 19.4. The van der Waals surface area contributed by atoms with Gasteiger partial charge in [-0.15, -0.1) is 0 Å². The summed E-state index contributed by atoms with van der Waals surface area (Å²) in [6, 6.07) is 64.5. The van der Waals surface area contributed by atoms with Crippen LogP contribution < -0.4 is 0 Å². The van der Waals surface area contributed by atoms with Gasteiger partial charge < -0.3 is 4.57 Å². The summed E-state index contributed by atoms with van der Waals surface area (Å²) in [6.07, 6.45) is -4.47. The van der Waals surface area contributed by atoms with Crippen molar-refractivity contribution in [2.45, 2.75) is 6.18 Å². The second-order valence-electron chi connectivity index (χ2n) is 14.4. The maximum atomic E-state index is 13.8. The van der Waals surface area contributed by atoms with Gasteiger partial charge in [-0.2, -0.15) is 13.2 Å². The van der Waals surface area contributed by atoms with E-state index in [-0.39, 0.29) is 0 Å². The summed E-state index contributed by atoms with van der Waals surface area (Å²) in [5.74, 6) is 1.36. The SMILES string of the molecule is FC(F)(F)c1ccc(-c2ccc(-n3c4ccc(-c5ccccc5)cc4c4cc(-c5ccccc5)ccc43)cc2-c2nc(-c3ccccc3)nc(-c3ccccc3)n2)cc1. The van der Waals surface area contributed by atoms with Crippen LogP contribution >= 0.6 is 0 Å². The van der Waals surface area contributed by atoms with E-state index in [1.54, 1.807) is 0 Å². The van der Waals surface area contributed by atoms with E-state index in [2.05, 4.69) is 65.2 Å². The highest BCUT2D eigenvalue weighted by Crippen LogP contribution is 2.41. The number of halogens is 3. The molecule has 282 valence electrons. The average molecular weight is 771 g/mol. The van der Waals surface area contributed by atoms with Gasteiger partial charge in [0.05, 0.1) is 16.6 Å². The monoisotopic (exact) mass is 770 g/mol. The van der Waals surface area contributed by atoms with Crippen LogP contribution in [0.1, 0.15) is 5.56 Å². The fourth-order valence-corrected chi connectivity index (χ4v) is 7.80. The molecule has 8 aromatic carbocycles. The van der Waals surface area contributed by atoms with Gasteiger partial charge in [0.25, 0.3) is 0 Å². The van der Waals surface area contributed by atoms with Crippen molar-refractivity contribution in [2.75, 3.05) is 0 Å². The third-order valence-corrected chi connectivity index (χ3v) is 10.7. The minimum atomic E-state index is -4.47. The van der Waals surface area contributed by atoms with E-state index in [9.17, 15) is 13.2 Å². The van der Waals surface area contributed by atoms with Gasteiger partial charge in [0.15, 0.2) is 17.5 Å². The summed E-state index contributed by atoms with van der Waals surface area (Å²) in [5, 5.41) is 2.18. The molecule has 0 amide bonds. The van der Waals surface area contributed by atoms with Gasteiger partial charge in [-0.05, 0) is 81.9 Å². The molecule has 0 spiro atoms. The fraction of sp³-hybridized carbons (Fsp3) is 0.0192. The molecular weight excluding hydrogens is 738 g/mol. The van der Waals surface area contributed by atoms with Gasteiger partial charge >= 0.3 is 6.18 Å². The molecule has 0 unspecified atom stereocenters. The first-order chi connectivity index (χ1) is 28.9. The standard InChI is InChI=1S/C52H33F3N4/c53-52(54,55)41-25-21-36(22-26-41)43-28-27-42(33-46(43)51-57-49(37-17-9-3-10-18-37)56-50(58-51)38-19-11-4-12-20-38)59-47-29-23-39(34-13-5-1-6-14-34)31-44(47)45-32-40(24-30-48(45)59)35-15-7-2-8-16-35/h1-33H. The van der Waals surface area contributed by atoms with Gasteiger partial charge in [0.2, 0.25) is 0 Å². The Hall–Kier alpha value is -7.64. The lowest BCUT2D eigenvalue weighted by Crippen LogP contribution is -2.04. The molecule has 0 aliphatic heterocycles. The molecule has 2 aromatic heterocycles. The Labute approximate surface area is 338 Å². The van der Waals surface area contributed by atoms with Crippen molar-refractivity contribution in [3.63, 3.8) is 0 Å². The molecule has 0 N–H and O–H groups in total. The Kier molecular flexibility index (Phi) is 8.91. The third kappa shape index (κ3) is 6.83. The number of benzene rings is 8. The number of nitrogens with zero attached hydrogens (tertiary/aromatic N) is 4. The summed E-state index contributed by atoms with van der Waals surface area (Å²) < 4.78 is 43.5. The summed E-state index contributed by atoms with van der Waals surface area (Å²) in [7, 11) is 0. The molecule has 0 fully saturated rings. The van der Waals surface area contributed by atoms with Crippen LogP contribution in [-0.4, -0.2) is 19.5 Å². The van der Waals surface area contributed by atoms with Crippen LogP contribution in [0, 0.1) is 0 Å². The zero-order valence-electron chi connectivity index (χ0n) is 31.5. The van der Waals surface area contributed by atoms with E-state index in [0.29, 0.717) is 34.2 Å². The predicted molar refractivity (Wildman–Crippen MR) is 232 cm³/mol. The highest BCUT2D eigenvalue weighted by molar-refractivity contribution is 6.11. The highest BCUT2D eigenvalue weighted by Gasteiger charge is 2.30. The van der Waals surface area contributed by atoms with Crippen LogP contribution in [0.3, 0.4) is 0 Å². The lowest BCUT2D eigenvalue weighted by atomic mass is 9.97. The number of alkyl halides is 3. The maximum absolute atomic E-state index is 13.8. The first kappa shape index (κ1) is 35.8. The molecule has 4 nitrogen and oxygen atoms in total. The van der Waals surface area contributed by atoms with Gasteiger partial charge in [-0.25, -0.2) is 15.0 Å². The van der Waals surface area contributed by atoms with Crippen molar-refractivity contribution in [1.29, 1.82) is 0 Å². The lowest BCUT2D eigenvalue weighted by Gasteiger charge is -2.16. The summed E-state index contributed by atoms with van der Waals surface area (Å²) in [4.78, 5) is 15.0. The van der Waals surface area contributed by atoms with Crippen LogP contribution in [0.2, 0.25) is 0 Å². The molecular formula is C52H33F3N4. The lowest BCUT2D eigenvalue weighted by molar-refractivity contribution is -0.137. The normalized spacial score (nSPS) is 11.6. The molecule has 7 heteroatoms. The second kappa shape index (κ2) is 14.7. The molecule has 10 aromatic rings. The summed E-state index contributed by atoms with van der Waals surface area (Å²) in [5.41, 5.74) is 10.1. The topological polar surface area (TPSA) is 43.6 Å². The Morgan fingerprint density at radius 1 is 0.339 bits per heavy atom. The predicted octanol–water partition coefficient (Wildman–Crippen LogP) is 14.0. The minimum Gasteiger partial charge on any atom is -0.309 e. The zero-order valence-corrected chi connectivity index (χ0v) is 31.5. The molecule has 0 aliphatic rings. The van der Waals surface area contributed by atoms with Crippen LogP contribution in [0.15, 0.2) is 200 Å². The minimum absolute atomic E-state index is 0.396. The van der Waals surface area contributed by atoms with Gasteiger partial charge in [-0.3, -0.25) is 0 Å². The van der Waals surface area contributed by atoms with E-state index in [0.717, 1.165) is 73.0 Å². The van der Waals surface area contributed by atoms with Crippen molar-refractivity contribution in [2.24, 2.45) is 0 Å². The van der Waals surface area contributed by atoms with Crippen molar-refractivity contribution in [3.8, 4) is 73.2 Å². The van der Waals surface area contributed by atoms with Gasteiger partial charge in [0.1, 0.15) is 0 Å². The van der Waals surface area contributed by atoms with E-state index >= 15 is 0 Å². The third-order valence-electron chi connectivity index (χ3n) is 10.7. The molecule has 0 aliphatic carbocycles. The zero-order chi connectivity index (χ0) is 39.9. The molecule has 0 saturated carbocycles. The quantitative estimate of drug-likeness (QED) is 0.162. The van der Waals surface area contributed by atoms with Crippen molar-refractivity contribution >= 4 is 21.8 Å². The molecule has 2 heterocycles. The van der Waals surface area contributed by atoms with E-state index in [1.165, 1.54) is 12.1 Å². The molecule has 0 atom stereocenters. The van der Waals surface area contributed by atoms with Crippen molar-refractivity contribution in [3.05, 3.63) is 206 Å². The number of rotatable bonds is 7. The van der Waals surface area contributed by atoms with E-state index < -0.39 is 11.7 Å². The summed E-state index contributed by atoms with van der Waals surface area (Å²) in [6.45, 7) is 0. The van der Waals surface area contributed by atoms with E-state index in [1.807, 2.05) is 115 Å². The molecule has 10 rings (SSSR count). The Morgan fingerprint density at radius 3 is 1.22 bits per heavy atom. The van der Waals surface area contributed by atoms with Gasteiger partial charge in [0, 0.05) is 33.2 Å². The maximum Gasteiger partial charge on any atom is 0.416 e. The molecule has 0 bridgehead atoms. The Bertz CT molecular complexity index is 2950. The molecule has 0 saturated heterocycles. The van der Waals surface area contributed by atoms with Gasteiger partial charge in [-0.1, -0.05) is 152 Å². The number of hydrogen-bond acceptors (Lipinski definition) is 3. The number of hydrogen-bond donors (Lipinski definition) is 0. The number of fused-ring (bicyclic) bond motifs is 3. The van der Waals surface area contributed by atoms with Crippen molar-refractivity contribution < 1.29 is 13.2 Å². The number of aromatic nitrogens is 4. The van der Waals surface area contributed by atoms with E-state index in [4.69, 9.17) is 15.0 Å². The molecule has 0 radical (unpaired) electrons. The fourth-order valence-electron chi connectivity index (χ4n) is 7.80. The van der Waals surface area contributed by atoms with Crippen LogP contribution in [0.25, 0.3) is 95.0 Å². The van der Waals surface area contributed by atoms with Crippen LogP contribution in [0.5, 0.6) is 0 Å². The largest absolute Gasteiger partial charge is 0.416 e. The van der Waals surface area contributed by atoms with Crippen LogP contribution in [0.4, 0.5) is 13.2 Å². The van der Waals surface area contributed by atoms with Crippen molar-refractivity contribution in [1.82, 2.24) is 19.5 Å². The summed E-state index contributed by atoms with van der Waals surface area (Å²) >= 11 is 0. The second-order valence-corrected chi connectivity index (χ2v) is 14.4. The first-order valence-electron chi connectivity index (χ1n) is 19.3. The Morgan fingerprint density at radius 2 is 0.763 bits per heavy atom. The van der Waals surface area contributed by atoms with Crippen LogP contribution in [-0.2, 0) is 6.18 Å². The average Bonchev–Trinajstić information content (AvgIpc) is 3.62. The Balaban J connectivity index is 1.23. The smallest absolute Gasteiger partial charge is 0.309 e. The molecule has 59 heavy (non-hydrogen) atoms.